The zero-order valence-electron chi connectivity index (χ0n) is 14.3. The van der Waals surface area contributed by atoms with Crippen LogP contribution in [-0.4, -0.2) is 54.5 Å². The highest BCUT2D eigenvalue weighted by atomic mass is 32.1. The van der Waals surface area contributed by atoms with Gasteiger partial charge in [0.2, 0.25) is 0 Å². The molecular weight excluding hydrogens is 322 g/mol. The summed E-state index contributed by atoms with van der Waals surface area (Å²) in [5.74, 6) is 0.212. The van der Waals surface area contributed by atoms with Crippen molar-refractivity contribution in [3.05, 3.63) is 46.5 Å². The van der Waals surface area contributed by atoms with Crippen molar-refractivity contribution >= 4 is 17.2 Å². The molecule has 130 valence electrons. The van der Waals surface area contributed by atoms with Gasteiger partial charge in [-0.25, -0.2) is 0 Å². The molecule has 0 aromatic carbocycles. The Balaban J connectivity index is 1.72. The van der Waals surface area contributed by atoms with Gasteiger partial charge in [-0.2, -0.15) is 0 Å². The molecule has 0 unspecified atom stereocenters. The number of rotatable bonds is 6. The minimum Gasteiger partial charge on any atom is -0.459 e. The third kappa shape index (κ3) is 3.88. The van der Waals surface area contributed by atoms with Crippen molar-refractivity contribution in [2.24, 2.45) is 0 Å². The van der Waals surface area contributed by atoms with Gasteiger partial charge >= 0.3 is 0 Å². The summed E-state index contributed by atoms with van der Waals surface area (Å²) in [6.07, 6.45) is 1.53. The molecule has 5 nitrogen and oxygen atoms in total. The minimum absolute atomic E-state index is 0.00873. The molecule has 2 atom stereocenters. The molecule has 0 spiro atoms. The van der Waals surface area contributed by atoms with E-state index in [-0.39, 0.29) is 18.0 Å². The number of thiophene rings is 1. The molecule has 3 rings (SSSR count). The molecule has 6 heteroatoms. The molecule has 0 radical (unpaired) electrons. The van der Waals surface area contributed by atoms with E-state index in [9.17, 15) is 4.79 Å². The van der Waals surface area contributed by atoms with Gasteiger partial charge in [0.25, 0.3) is 5.91 Å². The molecule has 1 aliphatic rings. The summed E-state index contributed by atoms with van der Waals surface area (Å²) in [6, 6.07) is 7.88. The van der Waals surface area contributed by atoms with Gasteiger partial charge in [-0.1, -0.05) is 13.0 Å². The average Bonchev–Trinajstić information content (AvgIpc) is 3.29. The number of furan rings is 1. The van der Waals surface area contributed by atoms with E-state index in [1.807, 2.05) is 0 Å². The lowest BCUT2D eigenvalue weighted by Gasteiger charge is -2.41. The fraction of sp³-hybridized carbons (Fsp3) is 0.500. The fourth-order valence-corrected chi connectivity index (χ4v) is 4.29. The summed E-state index contributed by atoms with van der Waals surface area (Å²) in [6.45, 7) is 9.60. The predicted molar refractivity (Wildman–Crippen MR) is 96.4 cm³/mol. The van der Waals surface area contributed by atoms with Gasteiger partial charge in [-0.15, -0.1) is 11.3 Å². The summed E-state index contributed by atoms with van der Waals surface area (Å²) >= 11 is 1.75. The van der Waals surface area contributed by atoms with Crippen molar-refractivity contribution < 1.29 is 9.21 Å². The molecule has 2 aromatic heterocycles. The highest BCUT2D eigenvalue weighted by Gasteiger charge is 2.30. The summed E-state index contributed by atoms with van der Waals surface area (Å²) < 4.78 is 5.21. The van der Waals surface area contributed by atoms with Crippen LogP contribution in [0.2, 0.25) is 0 Å². The van der Waals surface area contributed by atoms with Crippen LogP contribution in [-0.2, 0) is 0 Å². The van der Waals surface area contributed by atoms with Gasteiger partial charge in [0.15, 0.2) is 5.76 Å². The van der Waals surface area contributed by atoms with Gasteiger partial charge in [0.1, 0.15) is 0 Å². The average molecular weight is 347 g/mol. The van der Waals surface area contributed by atoms with Crippen LogP contribution >= 0.6 is 11.3 Å². The van der Waals surface area contributed by atoms with Crippen LogP contribution in [0.5, 0.6) is 0 Å². The number of piperazine rings is 1. The molecule has 0 aliphatic carbocycles. The Bertz CT molecular complexity index is 619. The van der Waals surface area contributed by atoms with Gasteiger partial charge in [0, 0.05) is 37.1 Å². The minimum atomic E-state index is -0.152. The Labute approximate surface area is 147 Å². The van der Waals surface area contributed by atoms with Crippen molar-refractivity contribution in [3.8, 4) is 0 Å². The highest BCUT2D eigenvalue weighted by molar-refractivity contribution is 7.10. The van der Waals surface area contributed by atoms with Crippen molar-refractivity contribution in [1.29, 1.82) is 0 Å². The molecule has 0 saturated carbocycles. The normalized spacial score (nSPS) is 19.1. The van der Waals surface area contributed by atoms with Crippen LogP contribution < -0.4 is 5.32 Å². The van der Waals surface area contributed by atoms with Crippen molar-refractivity contribution in [2.45, 2.75) is 25.9 Å². The number of nitrogens with one attached hydrogen (secondary N) is 1. The molecule has 1 aliphatic heterocycles. The monoisotopic (exact) mass is 347 g/mol. The maximum atomic E-state index is 12.3. The molecule has 1 N–H and O–H groups in total. The first-order valence-corrected chi connectivity index (χ1v) is 9.41. The molecule has 1 amide bonds. The van der Waals surface area contributed by atoms with Gasteiger partial charge < -0.3 is 14.6 Å². The molecule has 1 saturated heterocycles. The van der Waals surface area contributed by atoms with E-state index in [0.29, 0.717) is 5.76 Å². The molecule has 2 aromatic rings. The number of hydrogen-bond donors (Lipinski definition) is 1. The Kier molecular flexibility index (Phi) is 5.71. The number of nitrogens with zero attached hydrogens (tertiary/aromatic N) is 2. The Morgan fingerprint density at radius 3 is 2.67 bits per heavy atom. The van der Waals surface area contributed by atoms with Crippen molar-refractivity contribution in [1.82, 2.24) is 15.1 Å². The summed E-state index contributed by atoms with van der Waals surface area (Å²) in [5, 5.41) is 5.21. The molecule has 3 heterocycles. The number of carbonyl (C=O) groups is 1. The maximum absolute atomic E-state index is 12.3. The second-order valence-electron chi connectivity index (χ2n) is 6.17. The van der Waals surface area contributed by atoms with E-state index in [0.717, 1.165) is 32.7 Å². The summed E-state index contributed by atoms with van der Waals surface area (Å²) in [4.78, 5) is 18.6. The highest BCUT2D eigenvalue weighted by Crippen LogP contribution is 2.29. The first-order chi connectivity index (χ1) is 11.7. The van der Waals surface area contributed by atoms with Crippen LogP contribution in [0.4, 0.5) is 0 Å². The standard InChI is InChI=1S/C18H25N3O2S/c1-3-20-8-10-21(11-9-20)17(16-7-5-13-24-16)14(2)19-18(22)15-6-4-12-23-15/h4-7,12-14,17H,3,8-11H2,1-2H3,(H,19,22)/t14-,17+/m1/s1. The lowest BCUT2D eigenvalue weighted by atomic mass is 10.0. The molecular formula is C18H25N3O2S. The van der Waals surface area contributed by atoms with Crippen LogP contribution in [0.3, 0.4) is 0 Å². The zero-order valence-corrected chi connectivity index (χ0v) is 15.1. The first kappa shape index (κ1) is 17.2. The fourth-order valence-electron chi connectivity index (χ4n) is 3.32. The molecule has 1 fully saturated rings. The Morgan fingerprint density at radius 2 is 2.08 bits per heavy atom. The zero-order chi connectivity index (χ0) is 16.9. The Hall–Kier alpha value is -1.63. The molecule has 0 bridgehead atoms. The lowest BCUT2D eigenvalue weighted by molar-refractivity contribution is 0.0739. The van der Waals surface area contributed by atoms with Gasteiger partial charge in [-0.3, -0.25) is 9.69 Å². The van der Waals surface area contributed by atoms with E-state index >= 15 is 0 Å². The first-order valence-electron chi connectivity index (χ1n) is 8.53. The van der Waals surface area contributed by atoms with E-state index in [1.165, 1.54) is 11.1 Å². The lowest BCUT2D eigenvalue weighted by Crippen LogP contribution is -2.52. The maximum Gasteiger partial charge on any atom is 0.287 e. The van der Waals surface area contributed by atoms with Crippen LogP contribution in [0.1, 0.15) is 35.3 Å². The number of carbonyl (C=O) groups excluding carboxylic acids is 1. The van der Waals surface area contributed by atoms with Gasteiger partial charge in [-0.05, 0) is 37.0 Å². The van der Waals surface area contributed by atoms with Crippen LogP contribution in [0, 0.1) is 0 Å². The van der Waals surface area contributed by atoms with Gasteiger partial charge in [0.05, 0.1) is 12.3 Å². The predicted octanol–water partition coefficient (Wildman–Crippen LogP) is 2.84. The second-order valence-corrected chi connectivity index (χ2v) is 7.15. The van der Waals surface area contributed by atoms with E-state index in [2.05, 4.69) is 46.5 Å². The van der Waals surface area contributed by atoms with Crippen LogP contribution in [0.15, 0.2) is 40.3 Å². The third-order valence-electron chi connectivity index (χ3n) is 4.66. The Morgan fingerprint density at radius 1 is 1.29 bits per heavy atom. The summed E-state index contributed by atoms with van der Waals surface area (Å²) in [5.41, 5.74) is 0. The number of hydrogen-bond acceptors (Lipinski definition) is 5. The SMILES string of the molecule is CCN1CCN([C@H](c2cccs2)[C@@H](C)NC(=O)c2ccco2)CC1. The van der Waals surface area contributed by atoms with Crippen LogP contribution in [0.25, 0.3) is 0 Å². The van der Waals surface area contributed by atoms with E-state index < -0.39 is 0 Å². The van der Waals surface area contributed by atoms with E-state index in [4.69, 9.17) is 4.42 Å². The van der Waals surface area contributed by atoms with Crippen molar-refractivity contribution in [2.75, 3.05) is 32.7 Å². The quantitative estimate of drug-likeness (QED) is 0.873. The topological polar surface area (TPSA) is 48.7 Å². The second kappa shape index (κ2) is 7.96. The summed E-state index contributed by atoms with van der Waals surface area (Å²) in [7, 11) is 0. The smallest absolute Gasteiger partial charge is 0.287 e. The third-order valence-corrected chi connectivity index (χ3v) is 5.60. The number of likely N-dealkylation sites (N-methyl/N-ethyl adjacent to an activating group) is 1. The van der Waals surface area contributed by atoms with Crippen molar-refractivity contribution in [3.63, 3.8) is 0 Å². The largest absolute Gasteiger partial charge is 0.459 e. The van der Waals surface area contributed by atoms with E-state index in [1.54, 1.807) is 23.5 Å². The molecule has 24 heavy (non-hydrogen) atoms. The number of amides is 1.